The van der Waals surface area contributed by atoms with Crippen LogP contribution in [0.3, 0.4) is 0 Å². The van der Waals surface area contributed by atoms with Crippen LogP contribution in [0, 0.1) is 12.3 Å². The maximum absolute atomic E-state index is 11.9. The van der Waals surface area contributed by atoms with Crippen LogP contribution in [0.1, 0.15) is 26.2 Å². The number of rotatable bonds is 4. The molecule has 2 aromatic rings. The number of nitrogens with zero attached hydrogens (tertiary/aromatic N) is 2. The Morgan fingerprint density at radius 1 is 1.45 bits per heavy atom. The van der Waals surface area contributed by atoms with E-state index in [0.29, 0.717) is 29.3 Å². The molecule has 0 unspecified atom stereocenters. The van der Waals surface area contributed by atoms with Crippen molar-refractivity contribution in [2.75, 3.05) is 6.79 Å². The number of benzene rings is 1. The Kier molecular flexibility index (Phi) is 4.16. The van der Waals surface area contributed by atoms with E-state index in [9.17, 15) is 4.79 Å². The van der Waals surface area contributed by atoms with Crippen molar-refractivity contribution in [3.8, 4) is 23.8 Å². The quantitative estimate of drug-likeness (QED) is 0.815. The largest absolute Gasteiger partial charge is 0.454 e. The van der Waals surface area contributed by atoms with Crippen LogP contribution in [0.5, 0.6) is 11.5 Å². The highest BCUT2D eigenvalue weighted by Gasteiger charge is 2.17. The van der Waals surface area contributed by atoms with Crippen molar-refractivity contribution in [1.82, 2.24) is 4.57 Å². The van der Waals surface area contributed by atoms with Gasteiger partial charge < -0.3 is 14.0 Å². The second-order valence-electron chi connectivity index (χ2n) is 4.96. The highest BCUT2D eigenvalue weighted by Crippen LogP contribution is 2.36. The third-order valence-electron chi connectivity index (χ3n) is 3.39. The minimum absolute atomic E-state index is 0.112. The number of hydrogen-bond acceptors (Lipinski definition) is 4. The van der Waals surface area contributed by atoms with Gasteiger partial charge in [0.1, 0.15) is 0 Å². The van der Waals surface area contributed by atoms with Crippen molar-refractivity contribution in [1.29, 1.82) is 0 Å². The lowest BCUT2D eigenvalue weighted by Crippen LogP contribution is -2.16. The summed E-state index contributed by atoms with van der Waals surface area (Å²) in [6.07, 6.45) is 7.73. The van der Waals surface area contributed by atoms with E-state index in [1.165, 1.54) is 11.3 Å². The first-order chi connectivity index (χ1) is 10.7. The van der Waals surface area contributed by atoms with Gasteiger partial charge in [-0.25, -0.2) is 0 Å². The second-order valence-corrected chi connectivity index (χ2v) is 5.97. The molecule has 0 aliphatic carbocycles. The molecule has 0 fully saturated rings. The summed E-state index contributed by atoms with van der Waals surface area (Å²) in [5.41, 5.74) is 0.911. The van der Waals surface area contributed by atoms with Gasteiger partial charge >= 0.3 is 0 Å². The molecule has 0 saturated carbocycles. The van der Waals surface area contributed by atoms with Crippen LogP contribution in [0.2, 0.25) is 0 Å². The van der Waals surface area contributed by atoms with Crippen LogP contribution in [-0.4, -0.2) is 17.3 Å². The molecule has 0 N–H and O–H groups in total. The van der Waals surface area contributed by atoms with Crippen molar-refractivity contribution >= 4 is 27.5 Å². The Labute approximate surface area is 132 Å². The molecule has 2 heterocycles. The van der Waals surface area contributed by atoms with Crippen LogP contribution in [0.25, 0.3) is 10.2 Å². The van der Waals surface area contributed by atoms with E-state index >= 15 is 0 Å². The fourth-order valence-corrected chi connectivity index (χ4v) is 3.34. The number of unbranched alkanes of at least 4 members (excludes halogenated alkanes) is 1. The fourth-order valence-electron chi connectivity index (χ4n) is 2.28. The molecule has 1 aromatic carbocycles. The molecule has 1 aliphatic rings. The van der Waals surface area contributed by atoms with Crippen molar-refractivity contribution in [3.05, 3.63) is 16.9 Å². The summed E-state index contributed by atoms with van der Waals surface area (Å²) >= 11 is 1.44. The summed E-state index contributed by atoms with van der Waals surface area (Å²) in [7, 11) is 0. The number of carbonyl (C=O) groups excluding carboxylic acids is 1. The first kappa shape index (κ1) is 14.7. The fraction of sp³-hybridized carbons (Fsp3) is 0.375. The summed E-state index contributed by atoms with van der Waals surface area (Å²) in [6, 6.07) is 3.80. The van der Waals surface area contributed by atoms with Crippen molar-refractivity contribution in [3.63, 3.8) is 0 Å². The lowest BCUT2D eigenvalue weighted by atomic mass is 10.2. The number of fused-ring (bicyclic) bond motifs is 2. The third kappa shape index (κ3) is 2.72. The predicted octanol–water partition coefficient (Wildman–Crippen LogP) is 2.68. The first-order valence-electron chi connectivity index (χ1n) is 7.17. The maximum atomic E-state index is 11.9. The summed E-state index contributed by atoms with van der Waals surface area (Å²) in [5, 5.41) is 0. The molecule has 1 amide bonds. The number of thiazole rings is 1. The number of amides is 1. The molecule has 6 heteroatoms. The number of aromatic nitrogens is 1. The monoisotopic (exact) mass is 316 g/mol. The van der Waals surface area contributed by atoms with Gasteiger partial charge in [-0.1, -0.05) is 30.6 Å². The average molecular weight is 316 g/mol. The van der Waals surface area contributed by atoms with Crippen LogP contribution in [0.15, 0.2) is 17.1 Å². The molecule has 0 saturated heterocycles. The zero-order valence-electron chi connectivity index (χ0n) is 12.3. The Balaban J connectivity index is 2.10. The van der Waals surface area contributed by atoms with Gasteiger partial charge in [0.15, 0.2) is 16.3 Å². The van der Waals surface area contributed by atoms with Crippen LogP contribution in [-0.2, 0) is 11.3 Å². The molecule has 22 heavy (non-hydrogen) atoms. The summed E-state index contributed by atoms with van der Waals surface area (Å²) in [6.45, 7) is 2.64. The van der Waals surface area contributed by atoms with Gasteiger partial charge in [-0.15, -0.1) is 6.42 Å². The van der Waals surface area contributed by atoms with E-state index in [1.54, 1.807) is 0 Å². The van der Waals surface area contributed by atoms with Gasteiger partial charge in [0.2, 0.25) is 12.7 Å². The SMILES string of the molecule is C#CCn1c(=NC(=O)CCCC)sc2cc3c(cc21)OCO3. The standard InChI is InChI=1S/C16H16N2O3S/c1-3-5-6-15(19)17-16-18(7-4-2)11-8-12-13(21-10-20-12)9-14(11)22-16/h2,8-9H,3,5-7,10H2,1H3. The molecule has 1 aromatic heterocycles. The number of terminal acetylenes is 1. The van der Waals surface area contributed by atoms with Crippen molar-refractivity contribution in [2.24, 2.45) is 4.99 Å². The Hall–Kier alpha value is -2.26. The summed E-state index contributed by atoms with van der Waals surface area (Å²) in [5.74, 6) is 3.91. The molecule has 1 aliphatic heterocycles. The van der Waals surface area contributed by atoms with Crippen LogP contribution in [0.4, 0.5) is 0 Å². The van der Waals surface area contributed by atoms with Gasteiger partial charge in [-0.05, 0) is 6.42 Å². The molecule has 0 radical (unpaired) electrons. The zero-order chi connectivity index (χ0) is 15.5. The second kappa shape index (κ2) is 6.24. The Bertz CT molecular complexity index is 826. The summed E-state index contributed by atoms with van der Waals surface area (Å²) in [4.78, 5) is 16.8. The van der Waals surface area contributed by atoms with Gasteiger partial charge in [-0.3, -0.25) is 4.79 Å². The third-order valence-corrected chi connectivity index (χ3v) is 4.43. The minimum Gasteiger partial charge on any atom is -0.454 e. The number of ether oxygens (including phenoxy) is 2. The molecular weight excluding hydrogens is 300 g/mol. The number of hydrogen-bond donors (Lipinski definition) is 0. The summed E-state index contributed by atoms with van der Waals surface area (Å²) < 4.78 is 13.6. The molecule has 0 bridgehead atoms. The minimum atomic E-state index is -0.112. The molecule has 0 spiro atoms. The van der Waals surface area contributed by atoms with Crippen molar-refractivity contribution < 1.29 is 14.3 Å². The van der Waals surface area contributed by atoms with Crippen LogP contribution >= 0.6 is 11.3 Å². The maximum Gasteiger partial charge on any atom is 0.248 e. The normalized spacial score (nSPS) is 13.5. The van der Waals surface area contributed by atoms with E-state index in [2.05, 4.69) is 10.9 Å². The lowest BCUT2D eigenvalue weighted by Gasteiger charge is -2.01. The molecule has 114 valence electrons. The van der Waals surface area contributed by atoms with E-state index in [1.807, 2.05) is 23.6 Å². The van der Waals surface area contributed by atoms with Gasteiger partial charge in [0, 0.05) is 18.6 Å². The zero-order valence-corrected chi connectivity index (χ0v) is 13.1. The topological polar surface area (TPSA) is 52.8 Å². The highest BCUT2D eigenvalue weighted by atomic mass is 32.1. The predicted molar refractivity (Wildman–Crippen MR) is 84.9 cm³/mol. The van der Waals surface area contributed by atoms with E-state index < -0.39 is 0 Å². The highest BCUT2D eigenvalue weighted by molar-refractivity contribution is 7.16. The molecule has 5 nitrogen and oxygen atoms in total. The van der Waals surface area contributed by atoms with E-state index in [4.69, 9.17) is 15.9 Å². The van der Waals surface area contributed by atoms with Crippen LogP contribution < -0.4 is 14.3 Å². The Morgan fingerprint density at radius 2 is 2.23 bits per heavy atom. The number of carbonyl (C=O) groups is 1. The van der Waals surface area contributed by atoms with E-state index in [0.717, 1.165) is 23.1 Å². The Morgan fingerprint density at radius 3 is 2.95 bits per heavy atom. The first-order valence-corrected chi connectivity index (χ1v) is 7.98. The van der Waals surface area contributed by atoms with Crippen molar-refractivity contribution in [2.45, 2.75) is 32.7 Å². The lowest BCUT2D eigenvalue weighted by molar-refractivity contribution is -0.118. The molecular formula is C16H16N2O3S. The van der Waals surface area contributed by atoms with E-state index in [-0.39, 0.29) is 12.7 Å². The van der Waals surface area contributed by atoms with Gasteiger partial charge in [0.05, 0.1) is 16.8 Å². The molecule has 0 atom stereocenters. The van der Waals surface area contributed by atoms with Gasteiger partial charge in [-0.2, -0.15) is 4.99 Å². The van der Waals surface area contributed by atoms with Gasteiger partial charge in [0.25, 0.3) is 0 Å². The smallest absolute Gasteiger partial charge is 0.248 e. The molecule has 3 rings (SSSR count). The average Bonchev–Trinajstić information content (AvgIpc) is 3.08.